The van der Waals surface area contributed by atoms with Gasteiger partial charge in [-0.15, -0.1) is 11.3 Å². The molecule has 2 fully saturated rings. The van der Waals surface area contributed by atoms with Gasteiger partial charge in [0.2, 0.25) is 5.91 Å². The smallest absolute Gasteiger partial charge is 0.257 e. The van der Waals surface area contributed by atoms with E-state index in [0.29, 0.717) is 11.5 Å². The molecule has 1 N–H and O–H groups in total. The minimum atomic E-state index is -0.0171. The topological polar surface area (TPSA) is 49.4 Å². The van der Waals surface area contributed by atoms with Crippen LogP contribution in [0.5, 0.6) is 0 Å². The van der Waals surface area contributed by atoms with Crippen molar-refractivity contribution in [2.75, 3.05) is 18.4 Å². The maximum Gasteiger partial charge on any atom is 0.257 e. The van der Waals surface area contributed by atoms with Crippen molar-refractivity contribution in [3.8, 4) is 0 Å². The minimum absolute atomic E-state index is 0.00832. The second-order valence-corrected chi connectivity index (χ2v) is 10.6. The molecule has 1 aromatic rings. The van der Waals surface area contributed by atoms with Crippen molar-refractivity contribution in [3.63, 3.8) is 0 Å². The molecule has 0 spiro atoms. The summed E-state index contributed by atoms with van der Waals surface area (Å²) in [5.74, 6) is 0.783. The molecule has 1 aliphatic carbocycles. The molecule has 2 aliphatic rings. The Balaban J connectivity index is 1.82. The maximum atomic E-state index is 13.2. The molecule has 144 valence electrons. The largest absolute Gasteiger partial charge is 0.339 e. The number of likely N-dealkylation sites (tertiary alicyclic amines) is 1. The van der Waals surface area contributed by atoms with Crippen LogP contribution in [0.15, 0.2) is 0 Å². The van der Waals surface area contributed by atoms with Crippen LogP contribution in [0.2, 0.25) is 0 Å². The third-order valence-corrected chi connectivity index (χ3v) is 8.31. The number of nitrogens with one attached hydrogen (secondary N) is 1. The molecule has 2 heterocycles. The number of anilines is 1. The number of thiophene rings is 1. The highest BCUT2D eigenvalue weighted by Crippen LogP contribution is 2.68. The van der Waals surface area contributed by atoms with Gasteiger partial charge in [0.15, 0.2) is 0 Å². The molecule has 0 atom stereocenters. The van der Waals surface area contributed by atoms with Crippen molar-refractivity contribution in [2.45, 2.75) is 61.3 Å². The van der Waals surface area contributed by atoms with E-state index < -0.39 is 0 Å². The van der Waals surface area contributed by atoms with Gasteiger partial charge in [-0.1, -0.05) is 34.6 Å². The number of hydrogen-bond acceptors (Lipinski definition) is 3. The number of rotatable bonds is 3. The van der Waals surface area contributed by atoms with Gasteiger partial charge in [0.05, 0.1) is 5.56 Å². The first-order valence-electron chi connectivity index (χ1n) is 9.68. The highest BCUT2D eigenvalue weighted by Gasteiger charge is 2.68. The summed E-state index contributed by atoms with van der Waals surface area (Å²) in [4.78, 5) is 29.1. The van der Waals surface area contributed by atoms with Crippen LogP contribution in [0.3, 0.4) is 0 Å². The molecular formula is C21H32N2O2S. The highest BCUT2D eigenvalue weighted by molar-refractivity contribution is 7.16. The lowest BCUT2D eigenvalue weighted by atomic mass is 9.98. The Morgan fingerprint density at radius 3 is 2.12 bits per heavy atom. The lowest BCUT2D eigenvalue weighted by Crippen LogP contribution is -2.38. The third kappa shape index (κ3) is 2.98. The SMILES string of the molecule is Cc1sc(NC(=O)C2C(C)(C)C2(C)C)c(C(=O)N2CCC(C)CC2)c1C. The molecule has 1 aliphatic heterocycles. The van der Waals surface area contributed by atoms with E-state index in [2.05, 4.69) is 39.9 Å². The Morgan fingerprint density at radius 1 is 1.08 bits per heavy atom. The van der Waals surface area contributed by atoms with Crippen molar-refractivity contribution in [1.29, 1.82) is 0 Å². The molecule has 3 rings (SSSR count). The summed E-state index contributed by atoms with van der Waals surface area (Å²) < 4.78 is 0. The molecule has 1 aromatic heterocycles. The number of nitrogens with zero attached hydrogens (tertiary/aromatic N) is 1. The van der Waals surface area contributed by atoms with Gasteiger partial charge in [0.1, 0.15) is 5.00 Å². The molecule has 0 radical (unpaired) electrons. The van der Waals surface area contributed by atoms with E-state index in [4.69, 9.17) is 0 Å². The van der Waals surface area contributed by atoms with E-state index in [-0.39, 0.29) is 28.6 Å². The molecule has 4 nitrogen and oxygen atoms in total. The van der Waals surface area contributed by atoms with E-state index in [1.54, 1.807) is 0 Å². The number of carbonyl (C=O) groups excluding carboxylic acids is 2. The Morgan fingerprint density at radius 2 is 1.62 bits per heavy atom. The average molecular weight is 377 g/mol. The molecule has 2 amide bonds. The predicted octanol–water partition coefficient (Wildman–Crippen LogP) is 4.86. The Hall–Kier alpha value is -1.36. The van der Waals surface area contributed by atoms with Gasteiger partial charge in [-0.2, -0.15) is 0 Å². The van der Waals surface area contributed by atoms with Crippen molar-refractivity contribution in [3.05, 3.63) is 16.0 Å². The van der Waals surface area contributed by atoms with Gasteiger partial charge in [0, 0.05) is 23.9 Å². The van der Waals surface area contributed by atoms with Crippen LogP contribution in [-0.4, -0.2) is 29.8 Å². The van der Waals surface area contributed by atoms with Crippen molar-refractivity contribution < 1.29 is 9.59 Å². The molecular weight excluding hydrogens is 344 g/mol. The average Bonchev–Trinajstić information content (AvgIpc) is 2.79. The van der Waals surface area contributed by atoms with Gasteiger partial charge < -0.3 is 10.2 Å². The van der Waals surface area contributed by atoms with Crippen LogP contribution in [0, 0.1) is 36.5 Å². The number of amides is 2. The molecule has 1 saturated heterocycles. The molecule has 0 bridgehead atoms. The standard InChI is InChI=1S/C21H32N2O2S/c1-12-8-10-23(11-9-12)19(25)15-13(2)14(3)26-18(15)22-17(24)16-20(4,5)21(16,6)7/h12,16H,8-11H2,1-7H3,(H,22,24). The first kappa shape index (κ1) is 19.4. The fraction of sp³-hybridized carbons (Fsp3) is 0.714. The summed E-state index contributed by atoms with van der Waals surface area (Å²) >= 11 is 1.53. The first-order chi connectivity index (χ1) is 12.0. The zero-order chi connectivity index (χ0) is 19.4. The van der Waals surface area contributed by atoms with Gasteiger partial charge in [-0.05, 0) is 49.0 Å². The fourth-order valence-electron chi connectivity index (χ4n) is 4.38. The Bertz CT molecular complexity index is 725. The zero-order valence-electron chi connectivity index (χ0n) is 17.2. The van der Waals surface area contributed by atoms with Crippen LogP contribution in [-0.2, 0) is 4.79 Å². The zero-order valence-corrected chi connectivity index (χ0v) is 18.0. The normalized spacial score (nSPS) is 22.3. The van der Waals surface area contributed by atoms with Crippen molar-refractivity contribution in [1.82, 2.24) is 4.90 Å². The molecule has 26 heavy (non-hydrogen) atoms. The Labute approximate surface area is 161 Å². The van der Waals surface area contributed by atoms with E-state index in [0.717, 1.165) is 41.4 Å². The highest BCUT2D eigenvalue weighted by atomic mass is 32.1. The predicted molar refractivity (Wildman–Crippen MR) is 108 cm³/mol. The van der Waals surface area contributed by atoms with Gasteiger partial charge in [-0.3, -0.25) is 9.59 Å². The molecule has 1 saturated carbocycles. The van der Waals surface area contributed by atoms with Gasteiger partial charge in [0.25, 0.3) is 5.91 Å². The lowest BCUT2D eigenvalue weighted by Gasteiger charge is -2.30. The summed E-state index contributed by atoms with van der Waals surface area (Å²) in [6.07, 6.45) is 2.11. The van der Waals surface area contributed by atoms with Gasteiger partial charge >= 0.3 is 0 Å². The van der Waals surface area contributed by atoms with Crippen LogP contribution in [0.25, 0.3) is 0 Å². The van der Waals surface area contributed by atoms with Gasteiger partial charge in [-0.25, -0.2) is 0 Å². The quantitative estimate of drug-likeness (QED) is 0.819. The number of piperidine rings is 1. The molecule has 0 aromatic carbocycles. The fourth-order valence-corrected chi connectivity index (χ4v) is 5.43. The van der Waals surface area contributed by atoms with E-state index in [9.17, 15) is 9.59 Å². The summed E-state index contributed by atoms with van der Waals surface area (Å²) in [6.45, 7) is 16.4. The number of hydrogen-bond donors (Lipinski definition) is 1. The molecule has 5 heteroatoms. The summed E-state index contributed by atoms with van der Waals surface area (Å²) in [7, 11) is 0. The van der Waals surface area contributed by atoms with Crippen molar-refractivity contribution >= 4 is 28.2 Å². The number of aryl methyl sites for hydroxylation is 1. The van der Waals surface area contributed by atoms with Crippen molar-refractivity contribution in [2.24, 2.45) is 22.7 Å². The van der Waals surface area contributed by atoms with Crippen LogP contribution in [0.1, 0.15) is 68.3 Å². The second kappa shape index (κ2) is 6.36. The second-order valence-electron chi connectivity index (χ2n) is 9.33. The minimum Gasteiger partial charge on any atom is -0.339 e. The van der Waals surface area contributed by atoms with Crippen LogP contribution >= 0.6 is 11.3 Å². The van der Waals surface area contributed by atoms with E-state index >= 15 is 0 Å². The molecule has 0 unspecified atom stereocenters. The van der Waals surface area contributed by atoms with Crippen LogP contribution < -0.4 is 5.32 Å². The number of carbonyl (C=O) groups is 2. The first-order valence-corrected chi connectivity index (χ1v) is 10.5. The maximum absolute atomic E-state index is 13.2. The lowest BCUT2D eigenvalue weighted by molar-refractivity contribution is -0.118. The van der Waals surface area contributed by atoms with E-state index in [1.165, 1.54) is 11.3 Å². The van der Waals surface area contributed by atoms with E-state index in [1.807, 2.05) is 18.7 Å². The van der Waals surface area contributed by atoms with Crippen LogP contribution in [0.4, 0.5) is 5.00 Å². The monoisotopic (exact) mass is 376 g/mol. The summed E-state index contributed by atoms with van der Waals surface area (Å²) in [6, 6.07) is 0. The summed E-state index contributed by atoms with van der Waals surface area (Å²) in [5.41, 5.74) is 1.69. The summed E-state index contributed by atoms with van der Waals surface area (Å²) in [5, 5.41) is 3.84. The Kier molecular flexibility index (Phi) is 4.75. The third-order valence-electron chi connectivity index (χ3n) is 7.19.